The number of hydrogen-bond donors (Lipinski definition) is 3. The van der Waals surface area contributed by atoms with Gasteiger partial charge in [0.15, 0.2) is 0 Å². The van der Waals surface area contributed by atoms with E-state index in [1.165, 1.54) is 11.3 Å². The predicted octanol–water partition coefficient (Wildman–Crippen LogP) is 4.50. The number of nitrogens with zero attached hydrogens (tertiary/aromatic N) is 1. The van der Waals surface area contributed by atoms with E-state index in [2.05, 4.69) is 15.3 Å². The lowest BCUT2D eigenvalue weighted by atomic mass is 10.0. The number of nitrogens with one attached hydrogen (secondary N) is 2. The Morgan fingerprint density at radius 1 is 1.14 bits per heavy atom. The maximum absolute atomic E-state index is 12.3. The lowest BCUT2D eigenvalue weighted by Crippen LogP contribution is -2.10. The highest BCUT2D eigenvalue weighted by molar-refractivity contribution is 7.08. The molecule has 0 bridgehead atoms. The molecule has 1 aromatic carbocycles. The zero-order chi connectivity index (χ0) is 19.5. The summed E-state index contributed by atoms with van der Waals surface area (Å²) in [6.45, 7) is 0. The first-order valence-corrected chi connectivity index (χ1v) is 9.37. The summed E-state index contributed by atoms with van der Waals surface area (Å²) < 4.78 is 0. The van der Waals surface area contributed by atoms with Crippen LogP contribution in [0.1, 0.15) is 21.5 Å². The number of benzene rings is 1. The second-order valence-corrected chi connectivity index (χ2v) is 6.84. The minimum atomic E-state index is -1.02. The number of rotatable bonds is 5. The number of carbonyl (C=O) groups is 2. The van der Waals surface area contributed by atoms with Crippen molar-refractivity contribution in [2.45, 2.75) is 0 Å². The highest BCUT2D eigenvalue weighted by Gasteiger charge is 2.13. The van der Waals surface area contributed by atoms with Gasteiger partial charge in [0.2, 0.25) is 0 Å². The molecule has 28 heavy (non-hydrogen) atoms. The Balaban J connectivity index is 1.71. The molecule has 3 aromatic heterocycles. The van der Waals surface area contributed by atoms with Crippen LogP contribution >= 0.6 is 11.3 Å². The first-order valence-electron chi connectivity index (χ1n) is 8.43. The molecule has 4 aromatic rings. The standard InChI is InChI=1S/C21H15N3O3S/c25-20(14-6-7-28-12-14)24-16-9-17-15(10-22-19(17)23-11-16)8-18(21(26)27)13-4-2-1-3-5-13/h1-12H,(H,22,23)(H,24,25)(H,26,27). The number of thiophene rings is 1. The third kappa shape index (κ3) is 3.56. The average molecular weight is 389 g/mol. The molecule has 4 rings (SSSR count). The van der Waals surface area contributed by atoms with Crippen LogP contribution in [0.25, 0.3) is 22.7 Å². The molecule has 3 N–H and O–H groups in total. The second-order valence-electron chi connectivity index (χ2n) is 6.06. The van der Waals surface area contributed by atoms with Crippen molar-refractivity contribution in [3.8, 4) is 0 Å². The molecule has 0 aliphatic carbocycles. The van der Waals surface area contributed by atoms with Crippen molar-refractivity contribution in [1.29, 1.82) is 0 Å². The maximum atomic E-state index is 12.3. The Bertz CT molecular complexity index is 1180. The fraction of sp³-hybridized carbons (Fsp3) is 0. The molecular weight excluding hydrogens is 374 g/mol. The number of fused-ring (bicyclic) bond motifs is 1. The van der Waals surface area contributed by atoms with Crippen LogP contribution in [0.5, 0.6) is 0 Å². The Morgan fingerprint density at radius 2 is 1.96 bits per heavy atom. The van der Waals surface area contributed by atoms with Crippen molar-refractivity contribution >= 4 is 51.6 Å². The molecule has 0 fully saturated rings. The van der Waals surface area contributed by atoms with Crippen LogP contribution in [-0.4, -0.2) is 27.0 Å². The fourth-order valence-electron chi connectivity index (χ4n) is 2.85. The molecule has 0 aliphatic heterocycles. The Kier molecular flexibility index (Phi) is 4.74. The van der Waals surface area contributed by atoms with E-state index in [1.54, 1.807) is 60.2 Å². The van der Waals surface area contributed by atoms with Gasteiger partial charge in [0.1, 0.15) is 5.65 Å². The Labute approximate surface area is 164 Å². The van der Waals surface area contributed by atoms with Gasteiger partial charge in [-0.3, -0.25) is 4.79 Å². The number of carboxylic acids is 1. The van der Waals surface area contributed by atoms with E-state index in [4.69, 9.17) is 0 Å². The quantitative estimate of drug-likeness (QED) is 0.438. The lowest BCUT2D eigenvalue weighted by molar-refractivity contribution is -0.130. The predicted molar refractivity (Wildman–Crippen MR) is 110 cm³/mol. The number of H-pyrrole nitrogens is 1. The molecule has 138 valence electrons. The Morgan fingerprint density at radius 3 is 2.68 bits per heavy atom. The summed E-state index contributed by atoms with van der Waals surface area (Å²) in [5, 5.41) is 16.8. The van der Waals surface area contributed by atoms with Crippen molar-refractivity contribution < 1.29 is 14.7 Å². The largest absolute Gasteiger partial charge is 0.478 e. The van der Waals surface area contributed by atoms with Gasteiger partial charge in [0, 0.05) is 22.5 Å². The second kappa shape index (κ2) is 7.50. The first-order chi connectivity index (χ1) is 13.6. The lowest BCUT2D eigenvalue weighted by Gasteiger charge is -2.05. The molecule has 0 saturated carbocycles. The van der Waals surface area contributed by atoms with Crippen molar-refractivity contribution in [2.75, 3.05) is 5.32 Å². The van der Waals surface area contributed by atoms with Gasteiger partial charge in [-0.05, 0) is 29.2 Å². The minimum absolute atomic E-state index is 0.175. The van der Waals surface area contributed by atoms with E-state index in [0.29, 0.717) is 28.0 Å². The van der Waals surface area contributed by atoms with Gasteiger partial charge in [-0.25, -0.2) is 9.78 Å². The monoisotopic (exact) mass is 389 g/mol. The topological polar surface area (TPSA) is 95.1 Å². The molecule has 0 aliphatic rings. The van der Waals surface area contributed by atoms with Gasteiger partial charge in [0.25, 0.3) is 5.91 Å². The number of aliphatic carboxylic acids is 1. The number of pyridine rings is 1. The molecule has 0 atom stereocenters. The normalized spacial score (nSPS) is 11.5. The molecule has 6 nitrogen and oxygen atoms in total. The summed E-state index contributed by atoms with van der Waals surface area (Å²) in [4.78, 5) is 31.4. The molecule has 0 saturated heterocycles. The van der Waals surface area contributed by atoms with Gasteiger partial charge in [0.05, 0.1) is 23.0 Å². The number of carboxylic acid groups (broad SMARTS) is 1. The number of anilines is 1. The van der Waals surface area contributed by atoms with E-state index in [-0.39, 0.29) is 11.5 Å². The van der Waals surface area contributed by atoms with Crippen LogP contribution in [0.4, 0.5) is 5.69 Å². The van der Waals surface area contributed by atoms with Gasteiger partial charge in [-0.2, -0.15) is 11.3 Å². The maximum Gasteiger partial charge on any atom is 0.336 e. The van der Waals surface area contributed by atoms with Crippen molar-refractivity contribution in [3.63, 3.8) is 0 Å². The summed E-state index contributed by atoms with van der Waals surface area (Å²) in [6, 6.07) is 12.4. The van der Waals surface area contributed by atoms with Crippen LogP contribution in [0, 0.1) is 0 Å². The van der Waals surface area contributed by atoms with Crippen LogP contribution in [0.2, 0.25) is 0 Å². The number of hydrogen-bond acceptors (Lipinski definition) is 4. The number of aromatic amines is 1. The SMILES string of the molecule is O=C(O)C(=Cc1c[nH]c2ncc(NC(=O)c3ccsc3)cc12)c1ccccc1. The summed E-state index contributed by atoms with van der Waals surface area (Å²) in [6.07, 6.45) is 4.86. The van der Waals surface area contributed by atoms with Crippen molar-refractivity contribution in [2.24, 2.45) is 0 Å². The molecule has 0 unspecified atom stereocenters. The number of aromatic nitrogens is 2. The van der Waals surface area contributed by atoms with E-state index in [1.807, 2.05) is 11.4 Å². The van der Waals surface area contributed by atoms with Crippen LogP contribution in [0.3, 0.4) is 0 Å². The number of carbonyl (C=O) groups excluding carboxylic acids is 1. The van der Waals surface area contributed by atoms with Gasteiger partial charge < -0.3 is 15.4 Å². The Hall–Kier alpha value is -3.71. The van der Waals surface area contributed by atoms with E-state index < -0.39 is 5.97 Å². The molecule has 3 heterocycles. The molecular formula is C21H15N3O3S. The average Bonchev–Trinajstić information content (AvgIpc) is 3.37. The fourth-order valence-corrected chi connectivity index (χ4v) is 3.49. The third-order valence-corrected chi connectivity index (χ3v) is 4.90. The highest BCUT2D eigenvalue weighted by Crippen LogP contribution is 2.26. The van der Waals surface area contributed by atoms with Crippen molar-refractivity contribution in [3.05, 3.63) is 82.3 Å². The van der Waals surface area contributed by atoms with E-state index in [9.17, 15) is 14.7 Å². The van der Waals surface area contributed by atoms with E-state index >= 15 is 0 Å². The first kappa shape index (κ1) is 17.7. The van der Waals surface area contributed by atoms with E-state index in [0.717, 1.165) is 5.39 Å². The zero-order valence-corrected chi connectivity index (χ0v) is 15.4. The third-order valence-electron chi connectivity index (χ3n) is 4.22. The number of amides is 1. The minimum Gasteiger partial charge on any atom is -0.478 e. The summed E-state index contributed by atoms with van der Waals surface area (Å²) >= 11 is 1.45. The highest BCUT2D eigenvalue weighted by atomic mass is 32.1. The van der Waals surface area contributed by atoms with Crippen LogP contribution in [-0.2, 0) is 4.79 Å². The van der Waals surface area contributed by atoms with Gasteiger partial charge >= 0.3 is 5.97 Å². The summed E-state index contributed by atoms with van der Waals surface area (Å²) in [5.74, 6) is -1.24. The van der Waals surface area contributed by atoms with Gasteiger partial charge in [-0.1, -0.05) is 30.3 Å². The summed E-state index contributed by atoms with van der Waals surface area (Å²) in [7, 11) is 0. The molecule has 7 heteroatoms. The smallest absolute Gasteiger partial charge is 0.336 e. The summed E-state index contributed by atoms with van der Waals surface area (Å²) in [5.41, 5.74) is 3.19. The van der Waals surface area contributed by atoms with Crippen LogP contribution < -0.4 is 5.32 Å². The van der Waals surface area contributed by atoms with Gasteiger partial charge in [-0.15, -0.1) is 0 Å². The molecule has 1 amide bonds. The van der Waals surface area contributed by atoms with Crippen molar-refractivity contribution in [1.82, 2.24) is 9.97 Å². The molecule has 0 spiro atoms. The zero-order valence-electron chi connectivity index (χ0n) is 14.5. The van der Waals surface area contributed by atoms with Crippen LogP contribution in [0.15, 0.2) is 65.6 Å². The molecule has 0 radical (unpaired) electrons.